The van der Waals surface area contributed by atoms with E-state index in [9.17, 15) is 0 Å². The molecule has 0 nitrogen and oxygen atoms in total. The zero-order valence-electron chi connectivity index (χ0n) is 28.5. The number of rotatable bonds is 5. The van der Waals surface area contributed by atoms with Gasteiger partial charge in [0.15, 0.2) is 0 Å². The zero-order valence-corrected chi connectivity index (χ0v) is 35.4. The molecule has 6 heteroatoms. The van der Waals surface area contributed by atoms with Crippen LogP contribution >= 0.6 is 0 Å². The average molecular weight is 721 g/mol. The molecule has 41 heavy (non-hydrogen) atoms. The van der Waals surface area contributed by atoms with E-state index in [1.54, 1.807) is 11.1 Å². The van der Waals surface area contributed by atoms with Crippen LogP contribution in [0.3, 0.4) is 0 Å². The van der Waals surface area contributed by atoms with Gasteiger partial charge in [0.25, 0.3) is 0 Å². The van der Waals surface area contributed by atoms with Gasteiger partial charge in [-0.2, -0.15) is 0 Å². The van der Waals surface area contributed by atoms with Crippen LogP contribution in [0.1, 0.15) is 67.4 Å². The first kappa shape index (κ1) is 37.2. The van der Waals surface area contributed by atoms with E-state index in [0.29, 0.717) is 3.63 Å². The Bertz CT molecular complexity index is 1290. The summed E-state index contributed by atoms with van der Waals surface area (Å²) in [5, 5.41) is 3.80. The maximum Gasteiger partial charge on any atom is -1.00 e. The van der Waals surface area contributed by atoms with Crippen molar-refractivity contribution >= 4 is 24.2 Å². The average Bonchev–Trinajstić information content (AvgIpc) is 3.29. The summed E-state index contributed by atoms with van der Waals surface area (Å²) in [4.78, 5) is 0. The standard InChI is InChI=1S/C21H25.C14H29Si3.2ClH.Zr/c1-20(2,3)16-7-9-18-14(12-16)11-15-13-17(21(4,5)6)8-10-19(15)18;1-15(2,3)12-10-11-13(16(4,5)6)14(12)17(7,8)9;;;/h7-13H,1-6H3;10,13H,1-9H3;2*1H;/q;;;;+2/p-2. The van der Waals surface area contributed by atoms with Crippen LogP contribution in [0.25, 0.3) is 11.1 Å². The fourth-order valence-electron chi connectivity index (χ4n) is 6.63. The molecule has 2 aromatic carbocycles. The molecule has 0 saturated carbocycles. The molecule has 0 bridgehead atoms. The molecule has 0 heterocycles. The minimum Gasteiger partial charge on any atom is -1.00 e. The van der Waals surface area contributed by atoms with Gasteiger partial charge in [0.1, 0.15) is 0 Å². The molecule has 0 saturated heterocycles. The van der Waals surface area contributed by atoms with Crippen molar-refractivity contribution < 1.29 is 48.0 Å². The second-order valence-electron chi connectivity index (χ2n) is 17.4. The van der Waals surface area contributed by atoms with Crippen LogP contribution in [0.5, 0.6) is 0 Å². The van der Waals surface area contributed by atoms with Crippen LogP contribution in [0.4, 0.5) is 0 Å². The van der Waals surface area contributed by atoms with Crippen molar-refractivity contribution in [3.05, 3.63) is 78.4 Å². The Morgan fingerprint density at radius 3 is 1.34 bits per heavy atom. The Morgan fingerprint density at radius 1 is 0.610 bits per heavy atom. The summed E-state index contributed by atoms with van der Waals surface area (Å²) in [6, 6.07) is 15.0. The Morgan fingerprint density at radius 2 is 1.02 bits per heavy atom. The molecule has 0 aliphatic heterocycles. The molecule has 0 fully saturated rings. The van der Waals surface area contributed by atoms with Crippen LogP contribution < -0.4 is 24.8 Å². The van der Waals surface area contributed by atoms with Crippen molar-refractivity contribution in [2.45, 2.75) is 120 Å². The van der Waals surface area contributed by atoms with Gasteiger partial charge in [-0.05, 0) is 0 Å². The smallest absolute Gasteiger partial charge is 1.00 e. The van der Waals surface area contributed by atoms with Gasteiger partial charge in [-0.15, -0.1) is 0 Å². The molecule has 1 atom stereocenters. The SMILES string of the molecule is CC(C)(C)c1ccc2c(c1)[CH]([Zr+2][C]1=CC([Si](C)(C)C)=C([Si](C)(C)C)C1[Si](C)(C)C)c1cc(C(C)(C)C)ccc1-2.[Cl-].[Cl-]. The maximum atomic E-state index is 2.84. The van der Waals surface area contributed by atoms with Crippen molar-refractivity contribution in [3.63, 3.8) is 0 Å². The Hall–Kier alpha value is 0.0338. The van der Waals surface area contributed by atoms with Gasteiger partial charge < -0.3 is 24.8 Å². The van der Waals surface area contributed by atoms with Crippen molar-refractivity contribution in [1.29, 1.82) is 0 Å². The Labute approximate surface area is 280 Å². The van der Waals surface area contributed by atoms with Gasteiger partial charge in [-0.25, -0.2) is 0 Å². The predicted molar refractivity (Wildman–Crippen MR) is 180 cm³/mol. The number of benzene rings is 2. The molecule has 0 aromatic heterocycles. The van der Waals surface area contributed by atoms with Crippen molar-refractivity contribution in [2.75, 3.05) is 0 Å². The summed E-state index contributed by atoms with van der Waals surface area (Å²) < 4.78 is 2.54. The van der Waals surface area contributed by atoms with E-state index in [4.69, 9.17) is 0 Å². The quantitative estimate of drug-likeness (QED) is 0.378. The minimum atomic E-state index is -1.45. The zero-order chi connectivity index (χ0) is 29.5. The van der Waals surface area contributed by atoms with E-state index in [1.165, 1.54) is 22.3 Å². The molecule has 0 N–H and O–H groups in total. The predicted octanol–water partition coefficient (Wildman–Crippen LogP) is 5.10. The number of halogens is 2. The van der Waals surface area contributed by atoms with Gasteiger partial charge in [-0.1, -0.05) is 0 Å². The third kappa shape index (κ3) is 7.47. The van der Waals surface area contributed by atoms with E-state index in [0.717, 1.165) is 5.54 Å². The molecule has 2 aliphatic rings. The summed E-state index contributed by atoms with van der Waals surface area (Å²) >= 11 is -0.972. The second-order valence-corrected chi connectivity index (χ2v) is 36.3. The van der Waals surface area contributed by atoms with Gasteiger partial charge >= 0.3 is 257 Å². The molecular formula is C35H54Cl2Si3Zr. The van der Waals surface area contributed by atoms with Crippen LogP contribution in [0.2, 0.25) is 64.5 Å². The van der Waals surface area contributed by atoms with Crippen LogP contribution in [-0.2, 0) is 34.1 Å². The molecule has 2 aromatic rings. The molecule has 2 aliphatic carbocycles. The summed E-state index contributed by atoms with van der Waals surface area (Å²) in [5.74, 6) is 0. The van der Waals surface area contributed by atoms with E-state index < -0.39 is 47.5 Å². The van der Waals surface area contributed by atoms with E-state index in [2.05, 4.69) is 143 Å². The van der Waals surface area contributed by atoms with Crippen LogP contribution in [0.15, 0.2) is 56.1 Å². The first-order chi connectivity index (χ1) is 17.5. The molecule has 4 rings (SSSR count). The van der Waals surface area contributed by atoms with E-state index in [1.807, 2.05) is 13.7 Å². The summed E-state index contributed by atoms with van der Waals surface area (Å²) in [6.07, 6.45) is 2.84. The van der Waals surface area contributed by atoms with Crippen molar-refractivity contribution in [2.24, 2.45) is 0 Å². The molecule has 0 amide bonds. The molecule has 0 radical (unpaired) electrons. The fraction of sp³-hybridized carbons (Fsp3) is 0.543. The third-order valence-electron chi connectivity index (χ3n) is 8.73. The van der Waals surface area contributed by atoms with Crippen molar-refractivity contribution in [3.8, 4) is 11.1 Å². The number of hydrogen-bond donors (Lipinski definition) is 0. The Balaban J connectivity index is 0.00000294. The van der Waals surface area contributed by atoms with Gasteiger partial charge in [0, 0.05) is 0 Å². The normalized spacial score (nSPS) is 17.8. The number of hydrogen-bond acceptors (Lipinski definition) is 0. The van der Waals surface area contributed by atoms with E-state index >= 15 is 0 Å². The van der Waals surface area contributed by atoms with Crippen LogP contribution in [0, 0.1) is 0 Å². The third-order valence-corrected chi connectivity index (χ3v) is 20.6. The largest absolute Gasteiger partial charge is 1.00 e. The van der Waals surface area contributed by atoms with Crippen molar-refractivity contribution in [1.82, 2.24) is 0 Å². The van der Waals surface area contributed by atoms with Gasteiger partial charge in [0.05, 0.1) is 0 Å². The molecule has 0 spiro atoms. The fourth-order valence-corrected chi connectivity index (χ4v) is 25.6. The molecular weight excluding hydrogens is 667 g/mol. The minimum absolute atomic E-state index is 0. The number of fused-ring (bicyclic) bond motifs is 3. The van der Waals surface area contributed by atoms with Gasteiger partial charge in [-0.3, -0.25) is 0 Å². The second kappa shape index (κ2) is 12.1. The number of allylic oxidation sites excluding steroid dienone is 4. The summed E-state index contributed by atoms with van der Waals surface area (Å²) in [6.45, 7) is 37.9. The topological polar surface area (TPSA) is 0 Å². The first-order valence-electron chi connectivity index (χ1n) is 15.0. The summed E-state index contributed by atoms with van der Waals surface area (Å²) in [7, 11) is -4.34. The monoisotopic (exact) mass is 718 g/mol. The molecule has 1 unspecified atom stereocenters. The summed E-state index contributed by atoms with van der Waals surface area (Å²) in [5.41, 5.74) is 10.4. The van der Waals surface area contributed by atoms with Crippen LogP contribution in [-0.4, -0.2) is 24.2 Å². The Kier molecular flexibility index (Phi) is 11.0. The maximum absolute atomic E-state index is 2.84. The van der Waals surface area contributed by atoms with Gasteiger partial charge in [0.2, 0.25) is 0 Å². The molecule has 224 valence electrons. The van der Waals surface area contributed by atoms with E-state index in [-0.39, 0.29) is 35.6 Å². The first-order valence-corrected chi connectivity index (χ1v) is 28.3.